The topological polar surface area (TPSA) is 142 Å². The van der Waals surface area contributed by atoms with Crippen molar-refractivity contribution in [1.82, 2.24) is 24.7 Å². The second-order valence-corrected chi connectivity index (χ2v) is 15.5. The van der Waals surface area contributed by atoms with Crippen LogP contribution in [0.2, 0.25) is 0 Å². The number of aliphatic hydroxyl groups excluding tert-OH is 1. The molecule has 13 heteroatoms. The molecule has 2 aromatic heterocycles. The maximum Gasteiger partial charge on any atom is 0.307 e. The predicted octanol–water partition coefficient (Wildman–Crippen LogP) is 5.30. The summed E-state index contributed by atoms with van der Waals surface area (Å²) in [6.07, 6.45) is 8.16. The minimum atomic E-state index is -2.74. The maximum atomic E-state index is 14.1. The van der Waals surface area contributed by atoms with Crippen LogP contribution >= 0.6 is 0 Å². The van der Waals surface area contributed by atoms with Gasteiger partial charge in [0.25, 0.3) is 6.43 Å². The molecule has 3 unspecified atom stereocenters. The number of aliphatic carboxylic acids is 1. The standard InChI is InChI=1S/C42H43F2N7O4/c1-42(2)32(7-4-8-33(42)40-48-35-16-25(15-28(19-45)38(35)55-40)20-49-12-9-27(21-49)41(53)54)26-5-3-6-29(17-26)46-34-18-36(39(43)44)47-37-23-51(14-11-31(34)37)24-50-13-10-30(52)22-50/h3-8,11,15-18,23,27,30,33,39,46,52H,9-10,12-14,20-22,24H2,1-2H3,(H,53,54). The number of nitrogens with zero attached hydrogens (tertiary/aromatic N) is 6. The number of rotatable bonds is 10. The number of likely N-dealkylation sites (tertiary alicyclic amines) is 2. The first kappa shape index (κ1) is 36.6. The number of β-amino-alcohol motifs (C(OH)–C–C–N with tert-alkyl or cyclic N) is 1. The van der Waals surface area contributed by atoms with Gasteiger partial charge in [0.15, 0.2) is 5.58 Å². The number of aromatic nitrogens is 2. The molecule has 8 rings (SSSR count). The molecule has 3 atom stereocenters. The van der Waals surface area contributed by atoms with Crippen LogP contribution in [0.4, 0.5) is 20.2 Å². The molecule has 2 aromatic carbocycles. The van der Waals surface area contributed by atoms with Crippen LogP contribution in [0.5, 0.6) is 0 Å². The van der Waals surface area contributed by atoms with Gasteiger partial charge in [-0.1, -0.05) is 50.3 Å². The van der Waals surface area contributed by atoms with Crippen molar-refractivity contribution >= 4 is 46.3 Å². The summed E-state index contributed by atoms with van der Waals surface area (Å²) in [7, 11) is 0. The Balaban J connectivity index is 1.04. The Labute approximate surface area is 317 Å². The van der Waals surface area contributed by atoms with Gasteiger partial charge in [-0.25, -0.2) is 18.7 Å². The lowest BCUT2D eigenvalue weighted by Crippen LogP contribution is -2.43. The third kappa shape index (κ3) is 7.37. The van der Waals surface area contributed by atoms with Gasteiger partial charge in [-0.2, -0.15) is 5.26 Å². The molecular formula is C42H43F2N7O4. The van der Waals surface area contributed by atoms with E-state index in [1.54, 1.807) is 6.07 Å². The van der Waals surface area contributed by atoms with Gasteiger partial charge < -0.3 is 24.8 Å². The van der Waals surface area contributed by atoms with Crippen LogP contribution in [0, 0.1) is 22.7 Å². The Kier molecular flexibility index (Phi) is 9.75. The fourth-order valence-corrected chi connectivity index (χ4v) is 8.37. The van der Waals surface area contributed by atoms with E-state index in [4.69, 9.17) is 9.40 Å². The van der Waals surface area contributed by atoms with Gasteiger partial charge in [0.05, 0.1) is 35.5 Å². The Morgan fingerprint density at radius 1 is 1.13 bits per heavy atom. The highest BCUT2D eigenvalue weighted by molar-refractivity contribution is 5.81. The second-order valence-electron chi connectivity index (χ2n) is 15.5. The van der Waals surface area contributed by atoms with Gasteiger partial charge in [-0.15, -0.1) is 0 Å². The van der Waals surface area contributed by atoms with Crippen molar-refractivity contribution < 1.29 is 28.2 Å². The number of hydrogen-bond donors (Lipinski definition) is 3. The average molecular weight is 748 g/mol. The van der Waals surface area contributed by atoms with Crippen molar-refractivity contribution in [3.05, 3.63) is 99.5 Å². The lowest BCUT2D eigenvalue weighted by molar-refractivity contribution is -0.141. The van der Waals surface area contributed by atoms with Crippen LogP contribution in [0.3, 0.4) is 0 Å². The fraction of sp³-hybridized carbons (Fsp3) is 0.381. The summed E-state index contributed by atoms with van der Waals surface area (Å²) in [6.45, 7) is 8.45. The van der Waals surface area contributed by atoms with Crippen LogP contribution in [0.15, 0.2) is 65.1 Å². The van der Waals surface area contributed by atoms with Crippen molar-refractivity contribution in [2.75, 3.05) is 44.7 Å². The number of carboxylic acid groups (broad SMARTS) is 1. The molecule has 0 radical (unpaired) electrons. The summed E-state index contributed by atoms with van der Waals surface area (Å²) in [5, 5.41) is 34.1. The minimum Gasteiger partial charge on any atom is -0.481 e. The third-order valence-corrected chi connectivity index (χ3v) is 11.3. The maximum absolute atomic E-state index is 14.1. The lowest BCUT2D eigenvalue weighted by Gasteiger charge is -2.35. The zero-order valence-electron chi connectivity index (χ0n) is 30.8. The first-order valence-corrected chi connectivity index (χ1v) is 18.7. The quantitative estimate of drug-likeness (QED) is 0.195. The molecule has 1 aliphatic carbocycles. The van der Waals surface area contributed by atoms with Crippen LogP contribution in [0.25, 0.3) is 28.9 Å². The molecule has 11 nitrogen and oxygen atoms in total. The molecule has 0 bridgehead atoms. The summed E-state index contributed by atoms with van der Waals surface area (Å²) in [5.41, 5.74) is 4.72. The molecule has 2 fully saturated rings. The summed E-state index contributed by atoms with van der Waals surface area (Å²) in [4.78, 5) is 27.0. The van der Waals surface area contributed by atoms with E-state index in [1.165, 1.54) is 6.07 Å². The molecular weight excluding hydrogens is 705 g/mol. The highest BCUT2D eigenvalue weighted by Crippen LogP contribution is 2.49. The van der Waals surface area contributed by atoms with E-state index in [1.807, 2.05) is 53.6 Å². The molecule has 284 valence electrons. The Morgan fingerprint density at radius 2 is 1.96 bits per heavy atom. The van der Waals surface area contributed by atoms with Crippen molar-refractivity contribution in [2.24, 2.45) is 11.3 Å². The van der Waals surface area contributed by atoms with Crippen molar-refractivity contribution in [3.63, 3.8) is 0 Å². The minimum absolute atomic E-state index is 0.265. The molecule has 3 N–H and O–H groups in total. The smallest absolute Gasteiger partial charge is 0.307 e. The van der Waals surface area contributed by atoms with Gasteiger partial charge in [-0.3, -0.25) is 14.6 Å². The average Bonchev–Trinajstić information content (AvgIpc) is 3.91. The Morgan fingerprint density at radius 3 is 2.71 bits per heavy atom. The number of carbonyl (C=O) groups is 1. The monoisotopic (exact) mass is 747 g/mol. The number of aliphatic hydroxyl groups is 1. The molecule has 55 heavy (non-hydrogen) atoms. The number of carboxylic acids is 1. The highest BCUT2D eigenvalue weighted by atomic mass is 19.3. The number of hydrogen-bond acceptors (Lipinski definition) is 10. The molecule has 5 heterocycles. The van der Waals surface area contributed by atoms with E-state index in [0.717, 1.165) is 40.6 Å². The molecule has 0 saturated carbocycles. The zero-order valence-corrected chi connectivity index (χ0v) is 30.8. The normalized spacial score (nSPS) is 22.3. The fourth-order valence-electron chi connectivity index (χ4n) is 8.37. The summed E-state index contributed by atoms with van der Waals surface area (Å²) < 4.78 is 34.6. The van der Waals surface area contributed by atoms with E-state index >= 15 is 0 Å². The summed E-state index contributed by atoms with van der Waals surface area (Å²) in [5.74, 6) is -0.948. The number of oxazole rings is 1. The van der Waals surface area contributed by atoms with E-state index in [0.29, 0.717) is 79.4 Å². The number of fused-ring (bicyclic) bond motifs is 2. The number of benzene rings is 2. The second kappa shape index (κ2) is 14.7. The van der Waals surface area contributed by atoms with Crippen LogP contribution in [-0.2, 0) is 11.3 Å². The lowest BCUT2D eigenvalue weighted by atomic mass is 9.68. The number of allylic oxidation sites excluding steroid dienone is 4. The Bertz CT molecular complexity index is 2380. The van der Waals surface area contributed by atoms with Gasteiger partial charge in [0.1, 0.15) is 17.3 Å². The molecule has 3 aliphatic heterocycles. The Hall–Kier alpha value is -5.42. The van der Waals surface area contributed by atoms with Crippen molar-refractivity contribution in [2.45, 2.75) is 51.7 Å². The van der Waals surface area contributed by atoms with Crippen molar-refractivity contribution in [1.29, 1.82) is 5.26 Å². The third-order valence-electron chi connectivity index (χ3n) is 11.3. The predicted molar refractivity (Wildman–Crippen MR) is 204 cm³/mol. The van der Waals surface area contributed by atoms with E-state index in [9.17, 15) is 29.1 Å². The van der Waals surface area contributed by atoms with Crippen LogP contribution < -0.4 is 15.9 Å². The van der Waals surface area contributed by atoms with Gasteiger partial charge in [0.2, 0.25) is 5.89 Å². The number of anilines is 2. The molecule has 4 aromatic rings. The van der Waals surface area contributed by atoms with Crippen molar-refractivity contribution in [3.8, 4) is 6.07 Å². The highest BCUT2D eigenvalue weighted by Gasteiger charge is 2.38. The number of nitrogens with one attached hydrogen (secondary N) is 1. The first-order valence-electron chi connectivity index (χ1n) is 18.7. The molecule has 0 amide bonds. The summed E-state index contributed by atoms with van der Waals surface area (Å²) in [6, 6.07) is 15.3. The van der Waals surface area contributed by atoms with Crippen LogP contribution in [0.1, 0.15) is 67.3 Å². The van der Waals surface area contributed by atoms with Gasteiger partial charge >= 0.3 is 5.97 Å². The van der Waals surface area contributed by atoms with E-state index < -0.39 is 17.8 Å². The number of nitriles is 1. The number of halogens is 2. The first-order chi connectivity index (χ1) is 26.4. The van der Waals surface area contributed by atoms with Crippen LogP contribution in [-0.4, -0.2) is 86.3 Å². The molecule has 4 aliphatic rings. The zero-order chi connectivity index (χ0) is 38.4. The summed E-state index contributed by atoms with van der Waals surface area (Å²) >= 11 is 0. The molecule has 2 saturated heterocycles. The largest absolute Gasteiger partial charge is 0.481 e. The SMILES string of the molecule is CC1(C)C(c2cccc(Nc3cc(C(F)F)nc4c3=CCN(CN3CCC(O)C3)C=4)c2)=CC=CC1c1nc2cc(CN3CCC(C(=O)O)C3)cc(C#N)c2o1. The molecule has 0 spiro atoms. The van der Waals surface area contributed by atoms with Gasteiger partial charge in [-0.05, 0) is 66.4 Å². The van der Waals surface area contributed by atoms with E-state index in [-0.39, 0.29) is 23.6 Å². The van der Waals surface area contributed by atoms with Gasteiger partial charge in [0, 0.05) is 60.9 Å². The number of pyridine rings is 1. The number of alkyl halides is 2. The van der Waals surface area contributed by atoms with E-state index in [2.05, 4.69) is 52.2 Å².